The number of rotatable bonds is 10. The number of imide groups is 1. The Morgan fingerprint density at radius 3 is 1.39 bits per heavy atom. The first kappa shape index (κ1) is 43.5. The van der Waals surface area contributed by atoms with Gasteiger partial charge in [-0.1, -0.05) is 24.0 Å². The number of aromatic nitrogens is 2. The van der Waals surface area contributed by atoms with Crippen LogP contribution >= 0.6 is 0 Å². The molecular formula is C55H31N5O10. The Hall–Kier alpha value is -10.4. The molecule has 2 aromatic heterocycles. The van der Waals surface area contributed by atoms with Gasteiger partial charge in [0.25, 0.3) is 45.9 Å². The van der Waals surface area contributed by atoms with E-state index in [0.29, 0.717) is 45.4 Å². The average molecular weight is 922 g/mol. The van der Waals surface area contributed by atoms with Crippen molar-refractivity contribution in [1.82, 2.24) is 9.13 Å². The van der Waals surface area contributed by atoms with Crippen molar-refractivity contribution in [2.24, 2.45) is 0 Å². The Bertz CT molecular complexity index is 3880. The van der Waals surface area contributed by atoms with E-state index in [9.17, 15) is 38.4 Å². The molecular weight excluding hydrogens is 891 g/mol. The van der Waals surface area contributed by atoms with Crippen LogP contribution in [0.3, 0.4) is 0 Å². The molecule has 0 fully saturated rings. The molecule has 3 heterocycles. The largest absolute Gasteiger partial charge is 0.497 e. The maximum absolute atomic E-state index is 14.2. The number of terminal acetylenes is 2. The lowest BCUT2D eigenvalue weighted by molar-refractivity contribution is 0.0923. The van der Waals surface area contributed by atoms with Crippen LogP contribution in [0.4, 0.5) is 17.1 Å². The Kier molecular flexibility index (Phi) is 10.6. The summed E-state index contributed by atoms with van der Waals surface area (Å²) in [5, 5.41) is 4.84. The zero-order chi connectivity index (χ0) is 49.0. The highest BCUT2D eigenvalue weighted by Crippen LogP contribution is 2.33. The van der Waals surface area contributed by atoms with Gasteiger partial charge in [0.1, 0.15) is 17.2 Å². The van der Waals surface area contributed by atoms with Crippen LogP contribution in [0.15, 0.2) is 165 Å². The molecule has 7 aromatic carbocycles. The fraction of sp³-hybridized carbons (Fsp3) is 0.0182. The van der Waals surface area contributed by atoms with E-state index in [4.69, 9.17) is 22.3 Å². The number of fused-ring (bicyclic) bond motifs is 3. The minimum atomic E-state index is -0.868. The van der Waals surface area contributed by atoms with Crippen LogP contribution in [0, 0.1) is 24.7 Å². The van der Waals surface area contributed by atoms with Gasteiger partial charge in [-0.25, -0.2) is 14.0 Å². The SMILES string of the molecule is C#Cc1cccc(NC(=O)c2cc(C(=O)Nc3cccc(C#C)c3)cc(-n3c(=O)c4cc5c(=O)n(-c6ccc(Oc7ccc(N8C(=O)c9ccc(OC)cc9C8=O)cc7)cc6)c(=O)c5cc4c3=O)c2)c1. The maximum Gasteiger partial charge on any atom is 0.266 e. The van der Waals surface area contributed by atoms with Gasteiger partial charge in [-0.3, -0.25) is 38.4 Å². The molecule has 0 radical (unpaired) electrons. The second-order valence-corrected chi connectivity index (χ2v) is 15.9. The standard InChI is InChI=1S/C55H31N5O10/c1-4-30-8-6-10-34(22-30)56-48(61)32-24-33(49(62)57-35-11-7-9-31(5-2)23-35)26-38(25-32)60-54(67)46-28-44-45(29-47(46)55(60)68)53(66)59(52(44)65)37-14-18-40(19-15-37)70-39-16-12-36(13-17-39)58-50(63)42-21-20-41(69-3)27-43(42)51(58)64/h1-2,6-29H,3H3,(H,56,61)(H,57,62). The Labute approximate surface area is 395 Å². The molecule has 10 rings (SSSR count). The summed E-state index contributed by atoms with van der Waals surface area (Å²) in [5.41, 5.74) is -0.886. The maximum atomic E-state index is 14.2. The van der Waals surface area contributed by atoms with E-state index in [2.05, 4.69) is 22.5 Å². The van der Waals surface area contributed by atoms with Gasteiger partial charge in [0.2, 0.25) is 0 Å². The molecule has 1 aliphatic rings. The molecule has 1 aliphatic heterocycles. The number of nitrogens with one attached hydrogen (secondary N) is 2. The monoisotopic (exact) mass is 921 g/mol. The Morgan fingerprint density at radius 2 is 0.914 bits per heavy atom. The fourth-order valence-corrected chi connectivity index (χ4v) is 8.27. The van der Waals surface area contributed by atoms with Crippen molar-refractivity contribution < 1.29 is 28.7 Å². The van der Waals surface area contributed by atoms with Gasteiger partial charge in [0.05, 0.1) is 56.8 Å². The predicted octanol–water partition coefficient (Wildman–Crippen LogP) is 6.96. The lowest BCUT2D eigenvalue weighted by Gasteiger charge is -2.14. The molecule has 15 nitrogen and oxygen atoms in total. The van der Waals surface area contributed by atoms with Gasteiger partial charge in [-0.15, -0.1) is 12.8 Å². The number of carbonyl (C=O) groups is 4. The van der Waals surface area contributed by atoms with E-state index < -0.39 is 45.9 Å². The summed E-state index contributed by atoms with van der Waals surface area (Å²) in [6, 6.07) is 36.2. The summed E-state index contributed by atoms with van der Waals surface area (Å²) in [7, 11) is 1.47. The number of methoxy groups -OCH3 is 1. The smallest absolute Gasteiger partial charge is 0.266 e. The molecule has 0 bridgehead atoms. The second-order valence-electron chi connectivity index (χ2n) is 15.9. The van der Waals surface area contributed by atoms with Gasteiger partial charge in [0.15, 0.2) is 0 Å². The third-order valence-electron chi connectivity index (χ3n) is 11.7. The zero-order valence-corrected chi connectivity index (χ0v) is 36.4. The predicted molar refractivity (Wildman–Crippen MR) is 263 cm³/mol. The average Bonchev–Trinajstić information content (AvgIpc) is 3.89. The Morgan fingerprint density at radius 1 is 0.471 bits per heavy atom. The van der Waals surface area contributed by atoms with Gasteiger partial charge in [-0.2, -0.15) is 0 Å². The quantitative estimate of drug-likeness (QED) is 0.107. The molecule has 15 heteroatoms. The van der Waals surface area contributed by atoms with Gasteiger partial charge in [0, 0.05) is 33.6 Å². The van der Waals surface area contributed by atoms with E-state index in [-0.39, 0.29) is 55.2 Å². The molecule has 0 saturated carbocycles. The third kappa shape index (κ3) is 7.53. The summed E-state index contributed by atoms with van der Waals surface area (Å²) < 4.78 is 12.9. The van der Waals surface area contributed by atoms with E-state index in [1.165, 1.54) is 67.8 Å². The number of carbonyl (C=O) groups excluding carboxylic acids is 4. The third-order valence-corrected chi connectivity index (χ3v) is 11.7. The first-order chi connectivity index (χ1) is 33.8. The van der Waals surface area contributed by atoms with Crippen molar-refractivity contribution in [2.45, 2.75) is 0 Å². The summed E-state index contributed by atoms with van der Waals surface area (Å²) in [6.07, 6.45) is 11.1. The van der Waals surface area contributed by atoms with Gasteiger partial charge in [-0.05, 0) is 133 Å². The van der Waals surface area contributed by atoms with E-state index in [0.717, 1.165) is 14.0 Å². The van der Waals surface area contributed by atoms with Crippen molar-refractivity contribution in [3.8, 4) is 53.3 Å². The van der Waals surface area contributed by atoms with Crippen LogP contribution in [0.1, 0.15) is 52.6 Å². The lowest BCUT2D eigenvalue weighted by atomic mass is 10.1. The van der Waals surface area contributed by atoms with Crippen LogP contribution in [0.2, 0.25) is 0 Å². The number of anilines is 3. The van der Waals surface area contributed by atoms with Crippen molar-refractivity contribution in [3.63, 3.8) is 0 Å². The van der Waals surface area contributed by atoms with Crippen molar-refractivity contribution >= 4 is 62.2 Å². The van der Waals surface area contributed by atoms with E-state index in [1.54, 1.807) is 84.9 Å². The van der Waals surface area contributed by atoms with E-state index >= 15 is 0 Å². The molecule has 0 unspecified atom stereocenters. The fourth-order valence-electron chi connectivity index (χ4n) is 8.27. The normalized spacial score (nSPS) is 11.8. The molecule has 0 spiro atoms. The van der Waals surface area contributed by atoms with Gasteiger partial charge < -0.3 is 20.1 Å². The van der Waals surface area contributed by atoms with Crippen LogP contribution < -0.4 is 47.2 Å². The van der Waals surface area contributed by atoms with Crippen molar-refractivity contribution in [1.29, 1.82) is 0 Å². The number of ether oxygens (including phenoxy) is 2. The number of nitrogens with zero attached hydrogens (tertiary/aromatic N) is 3. The number of hydrogen-bond acceptors (Lipinski definition) is 10. The summed E-state index contributed by atoms with van der Waals surface area (Å²) in [6.45, 7) is 0. The zero-order valence-electron chi connectivity index (χ0n) is 36.4. The highest BCUT2D eigenvalue weighted by atomic mass is 16.5. The summed E-state index contributed by atoms with van der Waals surface area (Å²) in [4.78, 5) is 111. The van der Waals surface area contributed by atoms with Crippen molar-refractivity contribution in [3.05, 3.63) is 220 Å². The minimum absolute atomic E-state index is 0.0954. The Balaban J connectivity index is 0.945. The second kappa shape index (κ2) is 17.1. The minimum Gasteiger partial charge on any atom is -0.497 e. The first-order valence-corrected chi connectivity index (χ1v) is 21.2. The highest BCUT2D eigenvalue weighted by Gasteiger charge is 2.37. The highest BCUT2D eigenvalue weighted by molar-refractivity contribution is 6.34. The molecule has 0 aliphatic carbocycles. The molecule has 9 aromatic rings. The lowest BCUT2D eigenvalue weighted by Crippen LogP contribution is -2.29. The first-order valence-electron chi connectivity index (χ1n) is 21.2. The topological polar surface area (TPSA) is 192 Å². The molecule has 0 atom stereocenters. The number of amides is 4. The number of hydrogen-bond donors (Lipinski definition) is 2. The summed E-state index contributed by atoms with van der Waals surface area (Å²) in [5.74, 6) is 3.78. The molecule has 2 N–H and O–H groups in total. The molecule has 336 valence electrons. The van der Waals surface area contributed by atoms with Crippen LogP contribution in [-0.2, 0) is 0 Å². The number of benzene rings is 7. The van der Waals surface area contributed by atoms with Crippen LogP contribution in [-0.4, -0.2) is 39.9 Å². The van der Waals surface area contributed by atoms with Crippen LogP contribution in [0.5, 0.6) is 17.2 Å². The summed E-state index contributed by atoms with van der Waals surface area (Å²) >= 11 is 0. The van der Waals surface area contributed by atoms with Gasteiger partial charge >= 0.3 is 0 Å². The molecule has 0 saturated heterocycles. The van der Waals surface area contributed by atoms with Crippen molar-refractivity contribution in [2.75, 3.05) is 22.6 Å². The molecule has 70 heavy (non-hydrogen) atoms. The van der Waals surface area contributed by atoms with Crippen LogP contribution in [0.25, 0.3) is 32.9 Å². The van der Waals surface area contributed by atoms with E-state index in [1.807, 2.05) is 0 Å². The molecule has 4 amide bonds.